The summed E-state index contributed by atoms with van der Waals surface area (Å²) in [5, 5.41) is 3.48. The summed E-state index contributed by atoms with van der Waals surface area (Å²) in [4.78, 5) is 23.8. The summed E-state index contributed by atoms with van der Waals surface area (Å²) in [6.45, 7) is 1.67. The van der Waals surface area contributed by atoms with Crippen LogP contribution in [-0.2, 0) is 0 Å². The predicted molar refractivity (Wildman–Crippen MR) is 131 cm³/mol. The molecule has 4 aromatic rings. The maximum absolute atomic E-state index is 12.8. The van der Waals surface area contributed by atoms with E-state index in [1.807, 2.05) is 58.0 Å². The fraction of sp³-hybridized carbons (Fsp3) is 0.269. The number of nitrogens with zero attached hydrogens (tertiary/aromatic N) is 4. The van der Waals surface area contributed by atoms with Gasteiger partial charge in [0.25, 0.3) is 5.91 Å². The lowest BCUT2D eigenvalue weighted by Gasteiger charge is -2.26. The Labute approximate surface area is 198 Å². The molecule has 5 rings (SSSR count). The van der Waals surface area contributed by atoms with Gasteiger partial charge in [0.15, 0.2) is 17.1 Å². The van der Waals surface area contributed by atoms with Crippen molar-refractivity contribution in [2.75, 3.05) is 32.6 Å². The third-order valence-electron chi connectivity index (χ3n) is 6.13. The van der Waals surface area contributed by atoms with E-state index in [1.54, 1.807) is 26.6 Å². The number of hydrogen-bond donors (Lipinski definition) is 1. The van der Waals surface area contributed by atoms with Crippen LogP contribution in [0.2, 0.25) is 0 Å². The molecule has 0 aliphatic carbocycles. The van der Waals surface area contributed by atoms with E-state index < -0.39 is 0 Å². The molecule has 2 aromatic heterocycles. The Balaban J connectivity index is 1.47. The normalized spacial score (nSPS) is 13.6. The van der Waals surface area contributed by atoms with Gasteiger partial charge >= 0.3 is 0 Å². The van der Waals surface area contributed by atoms with Crippen LogP contribution in [0.3, 0.4) is 0 Å². The monoisotopic (exact) mass is 457 g/mol. The van der Waals surface area contributed by atoms with Crippen LogP contribution in [0.1, 0.15) is 29.6 Å². The number of likely N-dealkylation sites (tertiary alicyclic amines) is 1. The Bertz CT molecular complexity index is 1310. The van der Waals surface area contributed by atoms with Crippen molar-refractivity contribution in [3.8, 4) is 22.8 Å². The number of benzene rings is 2. The van der Waals surface area contributed by atoms with Crippen LogP contribution in [0.25, 0.3) is 16.9 Å². The molecule has 8 heteroatoms. The van der Waals surface area contributed by atoms with Crippen molar-refractivity contribution in [1.29, 1.82) is 0 Å². The van der Waals surface area contributed by atoms with E-state index in [1.165, 1.54) is 6.42 Å². The van der Waals surface area contributed by atoms with Crippen molar-refractivity contribution >= 4 is 23.1 Å². The van der Waals surface area contributed by atoms with Gasteiger partial charge in [-0.1, -0.05) is 0 Å². The molecule has 2 aromatic carbocycles. The maximum Gasteiger partial charge on any atom is 0.253 e. The number of ether oxygens (including phenoxy) is 2. The molecule has 0 radical (unpaired) electrons. The van der Waals surface area contributed by atoms with E-state index >= 15 is 0 Å². The van der Waals surface area contributed by atoms with Crippen molar-refractivity contribution in [1.82, 2.24) is 19.3 Å². The molecule has 0 spiro atoms. The zero-order valence-corrected chi connectivity index (χ0v) is 19.3. The molecule has 34 heavy (non-hydrogen) atoms. The lowest BCUT2D eigenvalue weighted by atomic mass is 10.1. The lowest BCUT2D eigenvalue weighted by molar-refractivity contribution is 0.0724. The molecule has 1 aliphatic heterocycles. The summed E-state index contributed by atoms with van der Waals surface area (Å²) >= 11 is 0. The summed E-state index contributed by atoms with van der Waals surface area (Å²) in [6.07, 6.45) is 8.66. The molecule has 1 amide bonds. The number of rotatable bonds is 6. The highest BCUT2D eigenvalue weighted by atomic mass is 16.5. The molecular weight excluding hydrogens is 430 g/mol. The number of fused-ring (bicyclic) bond motifs is 1. The predicted octanol–water partition coefficient (Wildman–Crippen LogP) is 4.78. The summed E-state index contributed by atoms with van der Waals surface area (Å²) in [7, 11) is 3.22. The molecule has 8 nitrogen and oxygen atoms in total. The minimum absolute atomic E-state index is 0.0955. The first-order valence-electron chi connectivity index (χ1n) is 11.4. The number of carbonyl (C=O) groups excluding carboxylic acids is 1. The van der Waals surface area contributed by atoms with E-state index in [0.717, 1.165) is 48.7 Å². The molecule has 0 unspecified atom stereocenters. The van der Waals surface area contributed by atoms with Gasteiger partial charge in [-0.05, 0) is 61.7 Å². The number of methoxy groups -OCH3 is 2. The van der Waals surface area contributed by atoms with Crippen LogP contribution < -0.4 is 14.8 Å². The summed E-state index contributed by atoms with van der Waals surface area (Å²) < 4.78 is 12.8. The lowest BCUT2D eigenvalue weighted by Crippen LogP contribution is -2.35. The van der Waals surface area contributed by atoms with Crippen LogP contribution in [0.5, 0.6) is 11.5 Å². The number of hydrogen-bond acceptors (Lipinski definition) is 6. The van der Waals surface area contributed by atoms with Crippen molar-refractivity contribution in [2.45, 2.75) is 19.3 Å². The zero-order chi connectivity index (χ0) is 23.5. The second kappa shape index (κ2) is 9.43. The van der Waals surface area contributed by atoms with Crippen LogP contribution in [-0.4, -0.2) is 52.5 Å². The van der Waals surface area contributed by atoms with E-state index in [9.17, 15) is 4.79 Å². The van der Waals surface area contributed by atoms with Crippen molar-refractivity contribution in [3.63, 3.8) is 0 Å². The zero-order valence-electron chi connectivity index (χ0n) is 19.3. The molecule has 1 N–H and O–H groups in total. The Hall–Kier alpha value is -4.07. The van der Waals surface area contributed by atoms with Gasteiger partial charge in [0.05, 0.1) is 20.4 Å². The van der Waals surface area contributed by atoms with Crippen molar-refractivity contribution in [3.05, 3.63) is 66.6 Å². The first kappa shape index (κ1) is 21.8. The minimum atomic E-state index is 0.0955. The quantitative estimate of drug-likeness (QED) is 0.449. The molecule has 174 valence electrons. The molecule has 1 saturated heterocycles. The molecule has 0 saturated carbocycles. The average molecular weight is 458 g/mol. The highest BCUT2D eigenvalue weighted by molar-refractivity contribution is 5.94. The fourth-order valence-corrected chi connectivity index (χ4v) is 4.32. The number of amides is 1. The highest BCUT2D eigenvalue weighted by Crippen LogP contribution is 2.36. The first-order chi connectivity index (χ1) is 16.7. The number of carbonyl (C=O) groups is 1. The van der Waals surface area contributed by atoms with Gasteiger partial charge in [-0.15, -0.1) is 0 Å². The highest BCUT2D eigenvalue weighted by Gasteiger charge is 2.19. The maximum atomic E-state index is 12.8. The van der Waals surface area contributed by atoms with E-state index in [4.69, 9.17) is 14.5 Å². The Morgan fingerprint density at radius 1 is 0.971 bits per heavy atom. The average Bonchev–Trinajstić information content (AvgIpc) is 3.27. The molecule has 3 heterocycles. The van der Waals surface area contributed by atoms with Gasteiger partial charge in [0, 0.05) is 42.3 Å². The topological polar surface area (TPSA) is 81.0 Å². The number of anilines is 2. The van der Waals surface area contributed by atoms with Gasteiger partial charge in [-0.2, -0.15) is 0 Å². The standard InChI is InChI=1S/C26H27N5O3/c1-33-21-11-8-19(16-22(21)34-2)24-25(31-15-12-27-17-23(31)29-24)28-20-9-6-18(7-10-20)26(32)30-13-4-3-5-14-30/h6-12,15-17,28H,3-5,13-14H2,1-2H3. The molecule has 0 atom stereocenters. The van der Waals surface area contributed by atoms with Crippen molar-refractivity contribution < 1.29 is 14.3 Å². The first-order valence-corrected chi connectivity index (χ1v) is 11.4. The van der Waals surface area contributed by atoms with E-state index in [-0.39, 0.29) is 5.91 Å². The number of imidazole rings is 1. The summed E-state index contributed by atoms with van der Waals surface area (Å²) in [6, 6.07) is 13.3. The summed E-state index contributed by atoms with van der Waals surface area (Å²) in [5.41, 5.74) is 3.90. The minimum Gasteiger partial charge on any atom is -0.493 e. The second-order valence-corrected chi connectivity index (χ2v) is 8.24. The molecule has 0 bridgehead atoms. The van der Waals surface area contributed by atoms with E-state index in [2.05, 4.69) is 10.3 Å². The van der Waals surface area contributed by atoms with Crippen LogP contribution >= 0.6 is 0 Å². The van der Waals surface area contributed by atoms with Crippen LogP contribution in [0.4, 0.5) is 11.5 Å². The molecule has 1 aliphatic rings. The van der Waals surface area contributed by atoms with Crippen molar-refractivity contribution in [2.24, 2.45) is 0 Å². The third-order valence-corrected chi connectivity index (χ3v) is 6.13. The van der Waals surface area contributed by atoms with Crippen LogP contribution in [0.15, 0.2) is 61.1 Å². The number of nitrogens with one attached hydrogen (secondary N) is 1. The molecular formula is C26H27N5O3. The number of piperidine rings is 1. The van der Waals surface area contributed by atoms with Gasteiger partial charge < -0.3 is 19.7 Å². The second-order valence-electron chi connectivity index (χ2n) is 8.24. The number of aromatic nitrogens is 3. The van der Waals surface area contributed by atoms with Gasteiger partial charge in [-0.3, -0.25) is 14.2 Å². The van der Waals surface area contributed by atoms with E-state index in [0.29, 0.717) is 22.7 Å². The summed E-state index contributed by atoms with van der Waals surface area (Å²) in [5.74, 6) is 2.17. The Kier molecular flexibility index (Phi) is 6.03. The largest absolute Gasteiger partial charge is 0.493 e. The van der Waals surface area contributed by atoms with Gasteiger partial charge in [0.2, 0.25) is 0 Å². The smallest absolute Gasteiger partial charge is 0.253 e. The Morgan fingerprint density at radius 3 is 2.47 bits per heavy atom. The SMILES string of the molecule is COc1ccc(-c2nc3cnccn3c2Nc2ccc(C(=O)N3CCCCC3)cc2)cc1OC. The van der Waals surface area contributed by atoms with Crippen LogP contribution in [0, 0.1) is 0 Å². The fourth-order valence-electron chi connectivity index (χ4n) is 4.32. The third kappa shape index (κ3) is 4.14. The van der Waals surface area contributed by atoms with Gasteiger partial charge in [-0.25, -0.2) is 4.98 Å². The van der Waals surface area contributed by atoms with Gasteiger partial charge in [0.1, 0.15) is 11.5 Å². The molecule has 1 fully saturated rings. The Morgan fingerprint density at radius 2 is 1.74 bits per heavy atom.